The van der Waals surface area contributed by atoms with Crippen molar-refractivity contribution in [1.82, 2.24) is 0 Å². The molecule has 1 atom stereocenters. The Morgan fingerprint density at radius 2 is 2.23 bits per heavy atom. The van der Waals surface area contributed by atoms with E-state index in [1.165, 1.54) is 12.1 Å². The van der Waals surface area contributed by atoms with Crippen molar-refractivity contribution in [2.75, 3.05) is 6.54 Å². The third-order valence-electron chi connectivity index (χ3n) is 2.08. The van der Waals surface area contributed by atoms with E-state index in [9.17, 15) is 9.50 Å². The minimum atomic E-state index is -1.03. The molecule has 0 amide bonds. The van der Waals surface area contributed by atoms with Crippen LogP contribution in [-0.2, 0) is 5.60 Å². The molecule has 1 aromatic carbocycles. The molecule has 0 aliphatic rings. The van der Waals surface area contributed by atoms with Gasteiger partial charge < -0.3 is 10.8 Å². The highest BCUT2D eigenvalue weighted by Gasteiger charge is 2.21. The van der Waals surface area contributed by atoms with Crippen LogP contribution in [0.1, 0.15) is 18.9 Å². The smallest absolute Gasteiger partial charge is 0.123 e. The van der Waals surface area contributed by atoms with Crippen molar-refractivity contribution in [3.63, 3.8) is 0 Å². The molecule has 0 saturated heterocycles. The number of aliphatic hydroxyl groups is 1. The highest BCUT2D eigenvalue weighted by atomic mass is 19.1. The fourth-order valence-electron chi connectivity index (χ4n) is 1.25. The van der Waals surface area contributed by atoms with E-state index in [1.54, 1.807) is 19.1 Å². The van der Waals surface area contributed by atoms with E-state index in [2.05, 4.69) is 0 Å². The topological polar surface area (TPSA) is 46.2 Å². The molecule has 1 aromatic rings. The summed E-state index contributed by atoms with van der Waals surface area (Å²) in [6, 6.07) is 5.95. The van der Waals surface area contributed by atoms with Crippen molar-refractivity contribution in [3.8, 4) is 0 Å². The fourth-order valence-corrected chi connectivity index (χ4v) is 1.25. The maximum Gasteiger partial charge on any atom is 0.123 e. The zero-order chi connectivity index (χ0) is 9.90. The Morgan fingerprint density at radius 1 is 1.54 bits per heavy atom. The summed E-state index contributed by atoms with van der Waals surface area (Å²) in [5, 5.41) is 9.86. The summed E-state index contributed by atoms with van der Waals surface area (Å²) in [5.74, 6) is -0.338. The molecule has 0 aliphatic carbocycles. The van der Waals surface area contributed by atoms with Gasteiger partial charge in [-0.25, -0.2) is 4.39 Å². The van der Waals surface area contributed by atoms with Crippen LogP contribution in [-0.4, -0.2) is 11.7 Å². The quantitative estimate of drug-likeness (QED) is 0.743. The van der Waals surface area contributed by atoms with E-state index in [0.717, 1.165) is 0 Å². The van der Waals surface area contributed by atoms with Gasteiger partial charge in [0.15, 0.2) is 0 Å². The van der Waals surface area contributed by atoms with E-state index < -0.39 is 5.60 Å². The Labute approximate surface area is 77.2 Å². The molecular formula is C10H14FNO. The molecule has 72 valence electrons. The highest BCUT2D eigenvalue weighted by Crippen LogP contribution is 2.23. The Morgan fingerprint density at radius 3 is 2.77 bits per heavy atom. The molecule has 0 fully saturated rings. The normalized spacial score (nSPS) is 15.4. The van der Waals surface area contributed by atoms with Gasteiger partial charge in [-0.05, 0) is 37.6 Å². The maximum atomic E-state index is 12.8. The van der Waals surface area contributed by atoms with Crippen LogP contribution in [0.2, 0.25) is 0 Å². The van der Waals surface area contributed by atoms with Crippen LogP contribution in [0, 0.1) is 5.82 Å². The van der Waals surface area contributed by atoms with Gasteiger partial charge >= 0.3 is 0 Å². The summed E-state index contributed by atoms with van der Waals surface area (Å²) in [6.07, 6.45) is 0.427. The molecule has 0 aliphatic heterocycles. The minimum absolute atomic E-state index is 0.338. The molecule has 1 unspecified atom stereocenters. The summed E-state index contributed by atoms with van der Waals surface area (Å²) in [7, 11) is 0. The predicted octanol–water partition coefficient (Wildman–Crippen LogP) is 1.38. The molecule has 3 N–H and O–H groups in total. The average molecular weight is 183 g/mol. The SMILES string of the molecule is CC(O)(CCN)c1cccc(F)c1. The minimum Gasteiger partial charge on any atom is -0.385 e. The maximum absolute atomic E-state index is 12.8. The molecule has 0 aromatic heterocycles. The second-order valence-corrected chi connectivity index (χ2v) is 3.32. The summed E-state index contributed by atoms with van der Waals surface area (Å²) in [4.78, 5) is 0. The first-order chi connectivity index (χ1) is 6.06. The van der Waals surface area contributed by atoms with E-state index in [4.69, 9.17) is 5.73 Å². The van der Waals surface area contributed by atoms with Crippen LogP contribution in [0.5, 0.6) is 0 Å². The lowest BCUT2D eigenvalue weighted by Gasteiger charge is -2.22. The molecule has 0 heterocycles. The van der Waals surface area contributed by atoms with Gasteiger partial charge in [0.05, 0.1) is 5.60 Å². The Kier molecular flexibility index (Phi) is 3.01. The van der Waals surface area contributed by atoms with E-state index in [-0.39, 0.29) is 5.82 Å². The molecule has 13 heavy (non-hydrogen) atoms. The number of nitrogens with two attached hydrogens (primary N) is 1. The van der Waals surface area contributed by atoms with Crippen LogP contribution < -0.4 is 5.73 Å². The Hall–Kier alpha value is -0.930. The van der Waals surface area contributed by atoms with Gasteiger partial charge in [0, 0.05) is 0 Å². The third-order valence-corrected chi connectivity index (χ3v) is 2.08. The van der Waals surface area contributed by atoms with E-state index >= 15 is 0 Å². The molecule has 1 rings (SSSR count). The lowest BCUT2D eigenvalue weighted by atomic mass is 9.93. The molecule has 3 heteroatoms. The van der Waals surface area contributed by atoms with Crippen LogP contribution >= 0.6 is 0 Å². The Bertz CT molecular complexity index is 286. The monoisotopic (exact) mass is 183 g/mol. The number of rotatable bonds is 3. The van der Waals surface area contributed by atoms with Crippen LogP contribution in [0.15, 0.2) is 24.3 Å². The first-order valence-electron chi connectivity index (χ1n) is 4.25. The lowest BCUT2D eigenvalue weighted by molar-refractivity contribution is 0.0501. The van der Waals surface area contributed by atoms with E-state index in [1.807, 2.05) is 0 Å². The average Bonchev–Trinajstić information content (AvgIpc) is 2.04. The van der Waals surface area contributed by atoms with Gasteiger partial charge in [-0.1, -0.05) is 12.1 Å². The molecule has 0 bridgehead atoms. The summed E-state index contributed by atoms with van der Waals surface area (Å²) in [5.41, 5.74) is 4.87. The van der Waals surface area contributed by atoms with Crippen molar-refractivity contribution in [2.24, 2.45) is 5.73 Å². The second-order valence-electron chi connectivity index (χ2n) is 3.32. The van der Waals surface area contributed by atoms with Crippen molar-refractivity contribution < 1.29 is 9.50 Å². The highest BCUT2D eigenvalue weighted by molar-refractivity contribution is 5.22. The van der Waals surface area contributed by atoms with Gasteiger partial charge in [0.1, 0.15) is 5.82 Å². The molecular weight excluding hydrogens is 169 g/mol. The van der Waals surface area contributed by atoms with Gasteiger partial charge in [0.2, 0.25) is 0 Å². The first kappa shape index (κ1) is 10.2. The van der Waals surface area contributed by atoms with Crippen molar-refractivity contribution in [3.05, 3.63) is 35.6 Å². The molecule has 0 saturated carbocycles. The third kappa shape index (κ3) is 2.50. The zero-order valence-corrected chi connectivity index (χ0v) is 7.63. The largest absolute Gasteiger partial charge is 0.385 e. The predicted molar refractivity (Wildman–Crippen MR) is 49.6 cm³/mol. The van der Waals surface area contributed by atoms with Gasteiger partial charge in [-0.2, -0.15) is 0 Å². The molecule has 0 spiro atoms. The Balaban J connectivity index is 2.93. The van der Waals surface area contributed by atoms with Crippen molar-refractivity contribution in [1.29, 1.82) is 0 Å². The first-order valence-corrected chi connectivity index (χ1v) is 4.25. The summed E-state index contributed by atoms with van der Waals surface area (Å²) >= 11 is 0. The standard InChI is InChI=1S/C10H14FNO/c1-10(13,5-6-12)8-3-2-4-9(11)7-8/h2-4,7,13H,5-6,12H2,1H3. The van der Waals surface area contributed by atoms with Gasteiger partial charge in [0.25, 0.3) is 0 Å². The lowest BCUT2D eigenvalue weighted by Crippen LogP contribution is -2.25. The van der Waals surface area contributed by atoms with Gasteiger partial charge in [-0.15, -0.1) is 0 Å². The number of hydrogen-bond donors (Lipinski definition) is 2. The van der Waals surface area contributed by atoms with Crippen molar-refractivity contribution >= 4 is 0 Å². The summed E-state index contributed by atoms with van der Waals surface area (Å²) in [6.45, 7) is 2.01. The van der Waals surface area contributed by atoms with Gasteiger partial charge in [-0.3, -0.25) is 0 Å². The van der Waals surface area contributed by atoms with E-state index in [0.29, 0.717) is 18.5 Å². The van der Waals surface area contributed by atoms with Crippen LogP contribution in [0.3, 0.4) is 0 Å². The number of hydrogen-bond acceptors (Lipinski definition) is 2. The number of benzene rings is 1. The number of halogens is 1. The van der Waals surface area contributed by atoms with Crippen LogP contribution in [0.25, 0.3) is 0 Å². The summed E-state index contributed by atoms with van der Waals surface area (Å²) < 4.78 is 12.8. The van der Waals surface area contributed by atoms with Crippen LogP contribution in [0.4, 0.5) is 4.39 Å². The molecule has 2 nitrogen and oxygen atoms in total. The molecule has 0 radical (unpaired) electrons. The fraction of sp³-hybridized carbons (Fsp3) is 0.400. The zero-order valence-electron chi connectivity index (χ0n) is 7.63. The second kappa shape index (κ2) is 3.85. The van der Waals surface area contributed by atoms with Crippen molar-refractivity contribution in [2.45, 2.75) is 18.9 Å².